The second-order valence-electron chi connectivity index (χ2n) is 5.26. The van der Waals surface area contributed by atoms with Crippen molar-refractivity contribution in [2.24, 2.45) is 5.73 Å². The van der Waals surface area contributed by atoms with Crippen molar-refractivity contribution in [2.75, 3.05) is 7.11 Å². The standard InChI is InChI=1S/C15H23NO2/c1-3-11-9-12(14(17)13(10-11)18-2)15(16)7-5-4-6-8-15/h9-10,17H,3-8,16H2,1-2H3. The van der Waals surface area contributed by atoms with Crippen molar-refractivity contribution < 1.29 is 9.84 Å². The van der Waals surface area contributed by atoms with Crippen LogP contribution in [0.2, 0.25) is 0 Å². The van der Waals surface area contributed by atoms with E-state index in [0.29, 0.717) is 5.75 Å². The number of aryl methyl sites for hydroxylation is 1. The first-order valence-corrected chi connectivity index (χ1v) is 6.80. The van der Waals surface area contributed by atoms with E-state index >= 15 is 0 Å². The number of methoxy groups -OCH3 is 1. The molecule has 0 radical (unpaired) electrons. The Labute approximate surface area is 109 Å². The van der Waals surface area contributed by atoms with Gasteiger partial charge in [-0.15, -0.1) is 0 Å². The molecule has 1 saturated carbocycles. The lowest BCUT2D eigenvalue weighted by molar-refractivity contribution is 0.286. The predicted octanol–water partition coefficient (Wildman–Crippen LogP) is 3.08. The molecule has 3 N–H and O–H groups in total. The van der Waals surface area contributed by atoms with Gasteiger partial charge in [-0.1, -0.05) is 26.2 Å². The van der Waals surface area contributed by atoms with Gasteiger partial charge in [0, 0.05) is 11.1 Å². The number of hydrogen-bond acceptors (Lipinski definition) is 3. The Morgan fingerprint density at radius 3 is 2.50 bits per heavy atom. The normalized spacial score (nSPS) is 18.6. The summed E-state index contributed by atoms with van der Waals surface area (Å²) in [4.78, 5) is 0. The Balaban J connectivity index is 2.47. The number of phenols is 1. The first-order valence-electron chi connectivity index (χ1n) is 6.80. The number of benzene rings is 1. The van der Waals surface area contributed by atoms with Gasteiger partial charge in [-0.25, -0.2) is 0 Å². The van der Waals surface area contributed by atoms with Gasteiger partial charge in [0.05, 0.1) is 7.11 Å². The minimum Gasteiger partial charge on any atom is -0.504 e. The largest absolute Gasteiger partial charge is 0.504 e. The topological polar surface area (TPSA) is 55.5 Å². The smallest absolute Gasteiger partial charge is 0.162 e. The molecule has 0 saturated heterocycles. The van der Waals surface area contributed by atoms with Crippen molar-refractivity contribution in [2.45, 2.75) is 51.0 Å². The van der Waals surface area contributed by atoms with E-state index in [1.165, 1.54) is 6.42 Å². The molecule has 1 aromatic carbocycles. The van der Waals surface area contributed by atoms with E-state index in [9.17, 15) is 5.11 Å². The van der Waals surface area contributed by atoms with Gasteiger partial charge in [0.2, 0.25) is 0 Å². The Bertz CT molecular complexity index is 423. The van der Waals surface area contributed by atoms with Crippen LogP contribution in [0.5, 0.6) is 11.5 Å². The maximum absolute atomic E-state index is 10.3. The summed E-state index contributed by atoms with van der Waals surface area (Å²) in [6.07, 6.45) is 6.31. The van der Waals surface area contributed by atoms with E-state index in [-0.39, 0.29) is 11.3 Å². The lowest BCUT2D eigenvalue weighted by atomic mass is 9.76. The van der Waals surface area contributed by atoms with Crippen LogP contribution in [0.1, 0.15) is 50.2 Å². The van der Waals surface area contributed by atoms with Crippen molar-refractivity contribution in [3.05, 3.63) is 23.3 Å². The summed E-state index contributed by atoms with van der Waals surface area (Å²) >= 11 is 0. The fourth-order valence-corrected chi connectivity index (χ4v) is 2.86. The molecule has 0 bridgehead atoms. The van der Waals surface area contributed by atoms with E-state index in [1.54, 1.807) is 7.11 Å². The Morgan fingerprint density at radius 1 is 1.28 bits per heavy atom. The molecule has 0 atom stereocenters. The zero-order chi connectivity index (χ0) is 13.2. The van der Waals surface area contributed by atoms with Gasteiger partial charge in [-0.05, 0) is 37.0 Å². The van der Waals surface area contributed by atoms with E-state index in [2.05, 4.69) is 6.92 Å². The molecule has 0 aliphatic heterocycles. The zero-order valence-electron chi connectivity index (χ0n) is 11.3. The van der Waals surface area contributed by atoms with Gasteiger partial charge in [0.15, 0.2) is 11.5 Å². The molecule has 2 rings (SSSR count). The molecule has 0 amide bonds. The van der Waals surface area contributed by atoms with E-state index < -0.39 is 0 Å². The number of ether oxygens (including phenoxy) is 1. The molecule has 100 valence electrons. The van der Waals surface area contributed by atoms with Crippen LogP contribution in [0.25, 0.3) is 0 Å². The quantitative estimate of drug-likeness (QED) is 0.865. The average molecular weight is 249 g/mol. The van der Waals surface area contributed by atoms with Gasteiger partial charge in [-0.3, -0.25) is 0 Å². The summed E-state index contributed by atoms with van der Waals surface area (Å²) in [5.41, 5.74) is 8.15. The van der Waals surface area contributed by atoms with Crippen molar-refractivity contribution in [3.63, 3.8) is 0 Å². The second-order valence-corrected chi connectivity index (χ2v) is 5.26. The van der Waals surface area contributed by atoms with Crippen LogP contribution in [0.3, 0.4) is 0 Å². The minimum atomic E-state index is -0.388. The lowest BCUT2D eigenvalue weighted by Crippen LogP contribution is -2.38. The summed E-state index contributed by atoms with van der Waals surface area (Å²) < 4.78 is 5.26. The van der Waals surface area contributed by atoms with E-state index in [0.717, 1.165) is 43.2 Å². The molecular formula is C15H23NO2. The van der Waals surface area contributed by atoms with Crippen LogP contribution in [0, 0.1) is 0 Å². The lowest BCUT2D eigenvalue weighted by Gasteiger charge is -2.35. The highest BCUT2D eigenvalue weighted by molar-refractivity contribution is 5.51. The molecule has 1 aliphatic carbocycles. The molecule has 0 spiro atoms. The van der Waals surface area contributed by atoms with Crippen LogP contribution in [0.15, 0.2) is 12.1 Å². The highest BCUT2D eigenvalue weighted by Crippen LogP contribution is 2.43. The fraction of sp³-hybridized carbons (Fsp3) is 0.600. The van der Waals surface area contributed by atoms with Crippen LogP contribution in [-0.4, -0.2) is 12.2 Å². The number of rotatable bonds is 3. The summed E-state index contributed by atoms with van der Waals surface area (Å²) in [5, 5.41) is 10.3. The predicted molar refractivity (Wildman–Crippen MR) is 73.0 cm³/mol. The van der Waals surface area contributed by atoms with Crippen molar-refractivity contribution in [1.29, 1.82) is 0 Å². The third-order valence-corrected chi connectivity index (χ3v) is 4.05. The van der Waals surface area contributed by atoms with Gasteiger partial charge in [-0.2, -0.15) is 0 Å². The molecule has 3 nitrogen and oxygen atoms in total. The molecular weight excluding hydrogens is 226 g/mol. The minimum absolute atomic E-state index is 0.221. The third kappa shape index (κ3) is 2.32. The number of hydrogen-bond donors (Lipinski definition) is 2. The fourth-order valence-electron chi connectivity index (χ4n) is 2.86. The Kier molecular flexibility index (Phi) is 3.81. The number of phenolic OH excluding ortho intramolecular Hbond substituents is 1. The Hall–Kier alpha value is -1.22. The average Bonchev–Trinajstić information content (AvgIpc) is 2.39. The third-order valence-electron chi connectivity index (χ3n) is 4.05. The van der Waals surface area contributed by atoms with E-state index in [4.69, 9.17) is 10.5 Å². The van der Waals surface area contributed by atoms with Crippen molar-refractivity contribution >= 4 is 0 Å². The summed E-state index contributed by atoms with van der Waals surface area (Å²) in [6.45, 7) is 2.10. The highest BCUT2D eigenvalue weighted by atomic mass is 16.5. The van der Waals surface area contributed by atoms with Gasteiger partial charge < -0.3 is 15.6 Å². The highest BCUT2D eigenvalue weighted by Gasteiger charge is 2.33. The maximum Gasteiger partial charge on any atom is 0.162 e. The summed E-state index contributed by atoms with van der Waals surface area (Å²) in [7, 11) is 1.59. The summed E-state index contributed by atoms with van der Waals surface area (Å²) in [5.74, 6) is 0.763. The molecule has 3 heteroatoms. The Morgan fingerprint density at radius 2 is 1.94 bits per heavy atom. The van der Waals surface area contributed by atoms with Crippen molar-refractivity contribution in [1.82, 2.24) is 0 Å². The molecule has 1 fully saturated rings. The monoisotopic (exact) mass is 249 g/mol. The van der Waals surface area contributed by atoms with Crippen LogP contribution in [-0.2, 0) is 12.0 Å². The SMILES string of the molecule is CCc1cc(OC)c(O)c(C2(N)CCCCC2)c1. The second kappa shape index (κ2) is 5.19. The maximum atomic E-state index is 10.3. The van der Waals surface area contributed by atoms with Crippen molar-refractivity contribution in [3.8, 4) is 11.5 Å². The molecule has 18 heavy (non-hydrogen) atoms. The number of aromatic hydroxyl groups is 1. The van der Waals surface area contributed by atoms with Gasteiger partial charge in [0.1, 0.15) is 0 Å². The van der Waals surface area contributed by atoms with Crippen LogP contribution in [0.4, 0.5) is 0 Å². The van der Waals surface area contributed by atoms with Gasteiger partial charge >= 0.3 is 0 Å². The molecule has 1 aromatic rings. The zero-order valence-corrected chi connectivity index (χ0v) is 11.3. The van der Waals surface area contributed by atoms with Crippen LogP contribution < -0.4 is 10.5 Å². The van der Waals surface area contributed by atoms with E-state index in [1.807, 2.05) is 12.1 Å². The first kappa shape index (κ1) is 13.2. The molecule has 0 aromatic heterocycles. The van der Waals surface area contributed by atoms with Gasteiger partial charge in [0.25, 0.3) is 0 Å². The molecule has 1 aliphatic rings. The number of nitrogens with two attached hydrogens (primary N) is 1. The first-order chi connectivity index (χ1) is 8.60. The van der Waals surface area contributed by atoms with Crippen LogP contribution >= 0.6 is 0 Å². The summed E-state index contributed by atoms with van der Waals surface area (Å²) in [6, 6.07) is 3.94. The molecule has 0 heterocycles. The molecule has 0 unspecified atom stereocenters.